The van der Waals surface area contributed by atoms with Crippen LogP contribution in [0.3, 0.4) is 0 Å². The summed E-state index contributed by atoms with van der Waals surface area (Å²) in [6.07, 6.45) is 6.84. The highest BCUT2D eigenvalue weighted by Gasteiger charge is 2.15. The summed E-state index contributed by atoms with van der Waals surface area (Å²) in [5, 5.41) is 19.0. The van der Waals surface area contributed by atoms with Crippen LogP contribution in [0.1, 0.15) is 20.8 Å². The molecule has 0 aliphatic carbocycles. The van der Waals surface area contributed by atoms with Crippen molar-refractivity contribution in [2.24, 2.45) is 4.99 Å². The number of ether oxygens (including phenoxy) is 1. The Hall–Kier alpha value is -3.04. The zero-order valence-electron chi connectivity index (χ0n) is 14.1. The van der Waals surface area contributed by atoms with Gasteiger partial charge in [-0.3, -0.25) is 14.4 Å². The van der Waals surface area contributed by atoms with E-state index < -0.39 is 18.5 Å². The molecule has 0 unspecified atom stereocenters. The molecule has 1 aromatic heterocycles. The number of hydrogen-bond donors (Lipinski definition) is 2. The SMILES string of the molecule is COC(=O)c1ccc2c(c1)N=CC2=CC=Cc1sc(=S)n(CC(=O)O)c1O. The number of carbonyl (C=O) groups is 2. The number of allylic oxidation sites excluding steroid dienone is 3. The molecule has 2 heterocycles. The summed E-state index contributed by atoms with van der Waals surface area (Å²) in [5.74, 6) is -1.68. The minimum atomic E-state index is -1.08. The number of aromatic nitrogens is 1. The number of thiazole rings is 1. The molecule has 27 heavy (non-hydrogen) atoms. The number of aromatic hydroxyl groups is 1. The predicted molar refractivity (Wildman–Crippen MR) is 105 cm³/mol. The fourth-order valence-electron chi connectivity index (χ4n) is 2.51. The van der Waals surface area contributed by atoms with E-state index in [1.54, 1.807) is 42.6 Å². The molecule has 9 heteroatoms. The van der Waals surface area contributed by atoms with Crippen molar-refractivity contribution in [1.29, 1.82) is 0 Å². The fourth-order valence-corrected chi connectivity index (χ4v) is 3.72. The lowest BCUT2D eigenvalue weighted by atomic mass is 10.0. The van der Waals surface area contributed by atoms with Gasteiger partial charge in [-0.15, -0.1) is 11.3 Å². The van der Waals surface area contributed by atoms with Crippen LogP contribution < -0.4 is 0 Å². The summed E-state index contributed by atoms with van der Waals surface area (Å²) in [6, 6.07) is 5.12. The van der Waals surface area contributed by atoms with Crippen LogP contribution in [0.2, 0.25) is 0 Å². The van der Waals surface area contributed by atoms with Gasteiger partial charge in [-0.05, 0) is 30.4 Å². The highest BCUT2D eigenvalue weighted by molar-refractivity contribution is 7.73. The quantitative estimate of drug-likeness (QED) is 0.585. The molecule has 0 bridgehead atoms. The Morgan fingerprint density at radius 1 is 1.41 bits per heavy atom. The first-order valence-electron chi connectivity index (χ1n) is 7.70. The van der Waals surface area contributed by atoms with Gasteiger partial charge >= 0.3 is 11.9 Å². The molecule has 1 aromatic carbocycles. The van der Waals surface area contributed by atoms with Crippen LogP contribution in [0.4, 0.5) is 5.69 Å². The Labute approximate surface area is 163 Å². The van der Waals surface area contributed by atoms with Crippen molar-refractivity contribution >= 4 is 59.0 Å². The van der Waals surface area contributed by atoms with Gasteiger partial charge in [-0.2, -0.15) is 0 Å². The van der Waals surface area contributed by atoms with Gasteiger partial charge in [0, 0.05) is 17.4 Å². The van der Waals surface area contributed by atoms with Crippen molar-refractivity contribution in [3.05, 3.63) is 50.3 Å². The molecule has 2 aromatic rings. The molecule has 0 radical (unpaired) electrons. The number of fused-ring (bicyclic) bond motifs is 1. The minimum Gasteiger partial charge on any atom is -0.493 e. The van der Waals surface area contributed by atoms with Crippen molar-refractivity contribution in [2.45, 2.75) is 6.54 Å². The molecule has 7 nitrogen and oxygen atoms in total. The fraction of sp³-hybridized carbons (Fsp3) is 0.111. The van der Waals surface area contributed by atoms with Gasteiger partial charge in [-0.25, -0.2) is 4.79 Å². The molecular formula is C18H14N2O5S2. The molecule has 0 amide bonds. The monoisotopic (exact) mass is 402 g/mol. The topological polar surface area (TPSA) is 101 Å². The van der Waals surface area contributed by atoms with Gasteiger partial charge in [0.15, 0.2) is 3.95 Å². The third-order valence-electron chi connectivity index (χ3n) is 3.78. The lowest BCUT2D eigenvalue weighted by Gasteiger charge is -2.02. The second kappa shape index (κ2) is 7.68. The second-order valence-corrected chi connectivity index (χ2v) is 7.17. The average Bonchev–Trinajstić information content (AvgIpc) is 3.16. The molecule has 0 saturated heterocycles. The minimum absolute atomic E-state index is 0.176. The Bertz CT molecular complexity index is 1080. The molecule has 2 N–H and O–H groups in total. The van der Waals surface area contributed by atoms with E-state index >= 15 is 0 Å². The highest BCUT2D eigenvalue weighted by Crippen LogP contribution is 2.33. The number of aliphatic carboxylic acids is 1. The van der Waals surface area contributed by atoms with Gasteiger partial charge in [0.25, 0.3) is 0 Å². The third kappa shape index (κ3) is 3.88. The summed E-state index contributed by atoms with van der Waals surface area (Å²) in [6.45, 7) is -0.390. The summed E-state index contributed by atoms with van der Waals surface area (Å²) >= 11 is 6.20. The first-order valence-corrected chi connectivity index (χ1v) is 8.92. The van der Waals surface area contributed by atoms with Crippen LogP contribution in [0, 0.1) is 3.95 Å². The standard InChI is InChI=1S/C18H14N2O5S2/c1-25-17(24)10-5-6-12-11(8-19-13(12)7-10)3-2-4-14-16(23)20(9-15(21)22)18(26)27-14/h2-8,23H,9H2,1H3,(H,21,22). The number of esters is 1. The molecule has 0 spiro atoms. The molecule has 138 valence electrons. The van der Waals surface area contributed by atoms with E-state index in [4.69, 9.17) is 22.1 Å². The first-order chi connectivity index (χ1) is 12.9. The van der Waals surface area contributed by atoms with Crippen LogP contribution in [-0.2, 0) is 16.1 Å². The lowest BCUT2D eigenvalue weighted by molar-refractivity contribution is -0.137. The zero-order valence-corrected chi connectivity index (χ0v) is 15.7. The Balaban J connectivity index is 1.83. The molecule has 0 fully saturated rings. The Morgan fingerprint density at radius 3 is 2.89 bits per heavy atom. The first kappa shape index (κ1) is 18.7. The number of nitrogens with zero attached hydrogens (tertiary/aromatic N) is 2. The van der Waals surface area contributed by atoms with Crippen molar-refractivity contribution in [3.8, 4) is 5.88 Å². The number of carboxylic acids is 1. The third-order valence-corrected chi connectivity index (χ3v) is 5.19. The molecule has 1 aliphatic heterocycles. The van der Waals surface area contributed by atoms with E-state index in [-0.39, 0.29) is 9.83 Å². The van der Waals surface area contributed by atoms with E-state index in [0.717, 1.165) is 27.0 Å². The van der Waals surface area contributed by atoms with E-state index in [0.29, 0.717) is 16.1 Å². The lowest BCUT2D eigenvalue weighted by Crippen LogP contribution is -2.07. The molecule has 0 atom stereocenters. The van der Waals surface area contributed by atoms with Crippen LogP contribution in [-0.4, -0.2) is 40.0 Å². The number of carbonyl (C=O) groups excluding carboxylic acids is 1. The van der Waals surface area contributed by atoms with Crippen LogP contribution in [0.15, 0.2) is 35.3 Å². The number of hydrogen-bond acceptors (Lipinski definition) is 7. The summed E-state index contributed by atoms with van der Waals surface area (Å²) < 4.78 is 6.14. The Morgan fingerprint density at radius 2 is 2.19 bits per heavy atom. The van der Waals surface area contributed by atoms with Gasteiger partial charge < -0.3 is 14.9 Å². The molecule has 3 rings (SSSR count). The van der Waals surface area contributed by atoms with E-state index in [1.807, 2.05) is 0 Å². The van der Waals surface area contributed by atoms with Crippen LogP contribution in [0.25, 0.3) is 11.6 Å². The number of aliphatic imine (C=N–C) groups is 1. The van der Waals surface area contributed by atoms with Gasteiger partial charge in [0.1, 0.15) is 6.54 Å². The summed E-state index contributed by atoms with van der Waals surface area (Å²) in [5.41, 5.74) is 2.80. The number of rotatable bonds is 5. The van der Waals surface area contributed by atoms with Gasteiger partial charge in [-0.1, -0.05) is 18.2 Å². The van der Waals surface area contributed by atoms with E-state index in [1.165, 1.54) is 7.11 Å². The highest BCUT2D eigenvalue weighted by atomic mass is 32.1. The second-order valence-electron chi connectivity index (χ2n) is 5.50. The van der Waals surface area contributed by atoms with Gasteiger partial charge in [0.2, 0.25) is 5.88 Å². The smallest absolute Gasteiger partial charge is 0.337 e. The van der Waals surface area contributed by atoms with Crippen molar-refractivity contribution in [2.75, 3.05) is 7.11 Å². The van der Waals surface area contributed by atoms with Gasteiger partial charge in [0.05, 0.1) is 23.2 Å². The molecule has 1 aliphatic rings. The summed E-state index contributed by atoms with van der Waals surface area (Å²) in [4.78, 5) is 27.2. The normalized spacial score (nSPS) is 14.0. The van der Waals surface area contributed by atoms with Crippen molar-refractivity contribution in [1.82, 2.24) is 4.57 Å². The number of carboxylic acid groups (broad SMARTS) is 1. The maximum absolute atomic E-state index is 11.6. The maximum Gasteiger partial charge on any atom is 0.337 e. The maximum atomic E-state index is 11.6. The van der Waals surface area contributed by atoms with Crippen molar-refractivity contribution in [3.63, 3.8) is 0 Å². The van der Waals surface area contributed by atoms with Crippen LogP contribution in [0.5, 0.6) is 5.88 Å². The predicted octanol–water partition coefficient (Wildman–Crippen LogP) is 3.67. The van der Waals surface area contributed by atoms with E-state index in [9.17, 15) is 14.7 Å². The Kier molecular flexibility index (Phi) is 5.33. The largest absolute Gasteiger partial charge is 0.493 e. The van der Waals surface area contributed by atoms with Crippen LogP contribution >= 0.6 is 23.6 Å². The van der Waals surface area contributed by atoms with E-state index in [2.05, 4.69) is 4.99 Å². The molecular weight excluding hydrogens is 388 g/mol. The number of benzene rings is 1. The zero-order chi connectivity index (χ0) is 19.6. The number of methoxy groups -OCH3 is 1. The summed E-state index contributed by atoms with van der Waals surface area (Å²) in [7, 11) is 1.32. The molecule has 0 saturated carbocycles. The average molecular weight is 402 g/mol. The van der Waals surface area contributed by atoms with Crippen molar-refractivity contribution < 1.29 is 24.5 Å².